The molecule has 1 amide bonds. The average molecular weight is 357 g/mol. The molecule has 0 aromatic heterocycles. The van der Waals surface area contributed by atoms with Gasteiger partial charge in [0.15, 0.2) is 0 Å². The summed E-state index contributed by atoms with van der Waals surface area (Å²) in [7, 11) is 3.28. The molecule has 5 nitrogen and oxygen atoms in total. The lowest BCUT2D eigenvalue weighted by atomic mass is 9.92. The summed E-state index contributed by atoms with van der Waals surface area (Å²) < 4.78 is 10.6. The van der Waals surface area contributed by atoms with Crippen LogP contribution in [0.2, 0.25) is 0 Å². The van der Waals surface area contributed by atoms with Crippen molar-refractivity contribution in [1.29, 1.82) is 0 Å². The van der Waals surface area contributed by atoms with Crippen molar-refractivity contribution < 1.29 is 14.3 Å². The van der Waals surface area contributed by atoms with Crippen LogP contribution >= 0.6 is 12.4 Å². The third-order valence-electron chi connectivity index (χ3n) is 4.65. The molecule has 0 saturated carbocycles. The number of nitrogens with zero attached hydrogens (tertiary/aromatic N) is 1. The van der Waals surface area contributed by atoms with E-state index in [0.717, 1.165) is 43.0 Å². The summed E-state index contributed by atoms with van der Waals surface area (Å²) in [5.74, 6) is 2.19. The molecule has 1 aromatic carbocycles. The second-order valence-corrected chi connectivity index (χ2v) is 6.28. The molecule has 2 rings (SSSR count). The second kappa shape index (κ2) is 9.74. The summed E-state index contributed by atoms with van der Waals surface area (Å²) >= 11 is 0. The van der Waals surface area contributed by atoms with Crippen molar-refractivity contribution in [3.8, 4) is 11.5 Å². The summed E-state index contributed by atoms with van der Waals surface area (Å²) in [6.07, 6.45) is 3.29. The average Bonchev–Trinajstić information content (AvgIpc) is 2.59. The van der Waals surface area contributed by atoms with Crippen molar-refractivity contribution in [2.75, 3.05) is 27.3 Å². The third-order valence-corrected chi connectivity index (χ3v) is 4.65. The standard InChI is InChI=1S/C18H28N2O3.ClH/c1-13(19)15-5-4-10-20(12-15)18(21)9-6-14-11-16(22-2)7-8-17(14)23-3;/h7-8,11,13,15H,4-6,9-10,12,19H2,1-3H3;1H. The summed E-state index contributed by atoms with van der Waals surface area (Å²) in [6.45, 7) is 3.66. The minimum atomic E-state index is 0. The van der Waals surface area contributed by atoms with Crippen LogP contribution in [0.4, 0.5) is 0 Å². The minimum absolute atomic E-state index is 0. The highest BCUT2D eigenvalue weighted by Gasteiger charge is 2.25. The maximum atomic E-state index is 12.5. The largest absolute Gasteiger partial charge is 0.497 e. The number of aryl methyl sites for hydroxylation is 1. The number of methoxy groups -OCH3 is 2. The Labute approximate surface area is 150 Å². The zero-order chi connectivity index (χ0) is 16.8. The molecular formula is C18H29ClN2O3. The molecule has 1 aromatic rings. The van der Waals surface area contributed by atoms with E-state index in [-0.39, 0.29) is 24.4 Å². The van der Waals surface area contributed by atoms with Crippen molar-refractivity contribution in [2.24, 2.45) is 11.7 Å². The van der Waals surface area contributed by atoms with E-state index in [1.54, 1.807) is 14.2 Å². The number of nitrogens with two attached hydrogens (primary N) is 1. The van der Waals surface area contributed by atoms with Gasteiger partial charge in [0.2, 0.25) is 5.91 Å². The van der Waals surface area contributed by atoms with E-state index in [1.165, 1.54) is 0 Å². The Balaban J connectivity index is 0.00000288. The van der Waals surface area contributed by atoms with Crippen LogP contribution in [0.3, 0.4) is 0 Å². The molecule has 1 heterocycles. The van der Waals surface area contributed by atoms with Crippen LogP contribution in [0.1, 0.15) is 31.7 Å². The predicted molar refractivity (Wildman–Crippen MR) is 98.1 cm³/mol. The van der Waals surface area contributed by atoms with Crippen molar-refractivity contribution in [3.63, 3.8) is 0 Å². The molecule has 24 heavy (non-hydrogen) atoms. The lowest BCUT2D eigenvalue weighted by Crippen LogP contribution is -2.45. The highest BCUT2D eigenvalue weighted by atomic mass is 35.5. The van der Waals surface area contributed by atoms with Gasteiger partial charge in [-0.25, -0.2) is 0 Å². The Morgan fingerprint density at radius 1 is 1.38 bits per heavy atom. The monoisotopic (exact) mass is 356 g/mol. The quantitative estimate of drug-likeness (QED) is 0.851. The van der Waals surface area contributed by atoms with Crippen LogP contribution in [0.25, 0.3) is 0 Å². The van der Waals surface area contributed by atoms with Gasteiger partial charge in [-0.2, -0.15) is 0 Å². The zero-order valence-corrected chi connectivity index (χ0v) is 15.6. The molecule has 6 heteroatoms. The molecule has 1 fully saturated rings. The van der Waals surface area contributed by atoms with Crippen molar-refractivity contribution in [3.05, 3.63) is 23.8 Å². The van der Waals surface area contributed by atoms with E-state index in [4.69, 9.17) is 15.2 Å². The molecule has 1 aliphatic rings. The Morgan fingerprint density at radius 3 is 2.75 bits per heavy atom. The molecule has 0 radical (unpaired) electrons. The van der Waals surface area contributed by atoms with Gasteiger partial charge >= 0.3 is 0 Å². The Kier molecular flexibility index (Phi) is 8.36. The van der Waals surface area contributed by atoms with Gasteiger partial charge in [-0.1, -0.05) is 0 Å². The van der Waals surface area contributed by atoms with Crippen LogP contribution in [-0.2, 0) is 11.2 Å². The molecular weight excluding hydrogens is 328 g/mol. The number of likely N-dealkylation sites (tertiary alicyclic amines) is 1. The van der Waals surface area contributed by atoms with Crippen LogP contribution in [0.15, 0.2) is 18.2 Å². The van der Waals surface area contributed by atoms with Gasteiger partial charge in [-0.15, -0.1) is 12.4 Å². The number of carbonyl (C=O) groups excluding carboxylic acids is 1. The van der Waals surface area contributed by atoms with Crippen molar-refractivity contribution in [2.45, 2.75) is 38.6 Å². The van der Waals surface area contributed by atoms with Crippen LogP contribution in [-0.4, -0.2) is 44.2 Å². The SMILES string of the molecule is COc1ccc(OC)c(CCC(=O)N2CCCC(C(C)N)C2)c1.Cl. The van der Waals surface area contributed by atoms with E-state index in [1.807, 2.05) is 30.0 Å². The van der Waals surface area contributed by atoms with E-state index < -0.39 is 0 Å². The fourth-order valence-corrected chi connectivity index (χ4v) is 3.14. The van der Waals surface area contributed by atoms with E-state index in [9.17, 15) is 4.79 Å². The van der Waals surface area contributed by atoms with Gasteiger partial charge in [-0.3, -0.25) is 4.79 Å². The molecule has 1 saturated heterocycles. The van der Waals surface area contributed by atoms with Gasteiger partial charge in [0, 0.05) is 25.6 Å². The Bertz CT molecular complexity index is 537. The molecule has 0 bridgehead atoms. The normalized spacial score (nSPS) is 18.5. The van der Waals surface area contributed by atoms with Crippen LogP contribution < -0.4 is 15.2 Å². The first kappa shape index (κ1) is 20.6. The highest BCUT2D eigenvalue weighted by Crippen LogP contribution is 2.26. The third kappa shape index (κ3) is 5.28. The minimum Gasteiger partial charge on any atom is -0.497 e. The van der Waals surface area contributed by atoms with Gasteiger partial charge in [0.05, 0.1) is 14.2 Å². The number of amides is 1. The molecule has 2 unspecified atom stereocenters. The van der Waals surface area contributed by atoms with Crippen LogP contribution in [0.5, 0.6) is 11.5 Å². The number of hydrogen-bond acceptors (Lipinski definition) is 4. The lowest BCUT2D eigenvalue weighted by Gasteiger charge is -2.34. The van der Waals surface area contributed by atoms with E-state index in [2.05, 4.69) is 0 Å². The second-order valence-electron chi connectivity index (χ2n) is 6.28. The number of halogens is 1. The Morgan fingerprint density at radius 2 is 2.12 bits per heavy atom. The summed E-state index contributed by atoms with van der Waals surface area (Å²) in [5, 5.41) is 0. The number of ether oxygens (including phenoxy) is 2. The molecule has 2 atom stereocenters. The highest BCUT2D eigenvalue weighted by molar-refractivity contribution is 5.85. The smallest absolute Gasteiger partial charge is 0.222 e. The fraction of sp³-hybridized carbons (Fsp3) is 0.611. The number of rotatable bonds is 6. The van der Waals surface area contributed by atoms with Gasteiger partial charge in [0.25, 0.3) is 0 Å². The van der Waals surface area contributed by atoms with Gasteiger partial charge in [-0.05, 0) is 55.9 Å². The first-order chi connectivity index (χ1) is 11.0. The number of carbonyl (C=O) groups is 1. The number of piperidine rings is 1. The van der Waals surface area contributed by atoms with Gasteiger partial charge < -0.3 is 20.1 Å². The Hall–Kier alpha value is -1.46. The van der Waals surface area contributed by atoms with Crippen LogP contribution in [0, 0.1) is 5.92 Å². The predicted octanol–water partition coefficient (Wildman–Crippen LogP) is 2.64. The maximum Gasteiger partial charge on any atom is 0.222 e. The summed E-state index contributed by atoms with van der Waals surface area (Å²) in [4.78, 5) is 14.5. The number of benzene rings is 1. The maximum absolute atomic E-state index is 12.5. The van der Waals surface area contributed by atoms with Crippen molar-refractivity contribution >= 4 is 18.3 Å². The zero-order valence-electron chi connectivity index (χ0n) is 14.8. The fourth-order valence-electron chi connectivity index (χ4n) is 3.14. The van der Waals surface area contributed by atoms with Gasteiger partial charge in [0.1, 0.15) is 11.5 Å². The molecule has 136 valence electrons. The first-order valence-corrected chi connectivity index (χ1v) is 8.29. The summed E-state index contributed by atoms with van der Waals surface area (Å²) in [5.41, 5.74) is 7.00. The summed E-state index contributed by atoms with van der Waals surface area (Å²) in [6, 6.07) is 5.82. The molecule has 1 aliphatic heterocycles. The molecule has 0 spiro atoms. The van der Waals surface area contributed by atoms with Crippen molar-refractivity contribution in [1.82, 2.24) is 4.90 Å². The molecule has 2 N–H and O–H groups in total. The van der Waals surface area contributed by atoms with E-state index in [0.29, 0.717) is 18.8 Å². The topological polar surface area (TPSA) is 64.8 Å². The first-order valence-electron chi connectivity index (χ1n) is 8.29. The van der Waals surface area contributed by atoms with E-state index >= 15 is 0 Å². The molecule has 0 aliphatic carbocycles. The number of hydrogen-bond donors (Lipinski definition) is 1. The lowest BCUT2D eigenvalue weighted by molar-refractivity contribution is -0.133.